The molecule has 0 radical (unpaired) electrons. The van der Waals surface area contributed by atoms with Crippen LogP contribution in [-0.4, -0.2) is 32.8 Å². The number of tetrazole rings is 1. The van der Waals surface area contributed by atoms with Crippen LogP contribution in [0.4, 0.5) is 0 Å². The molecule has 1 aromatic heterocycles. The topological polar surface area (TPSA) is 79.1 Å². The van der Waals surface area contributed by atoms with E-state index in [1.54, 1.807) is 36.4 Å². The lowest BCUT2D eigenvalue weighted by atomic mass is 10.3. The zero-order chi connectivity index (χ0) is 16.1. The largest absolute Gasteiger partial charge is 0.482 e. The highest BCUT2D eigenvalue weighted by molar-refractivity contribution is 9.10. The number of hydrogen-bond donors (Lipinski definition) is 0. The number of carbonyl (C=O) groups is 1. The highest BCUT2D eigenvalue weighted by Crippen LogP contribution is 2.17. The predicted octanol–water partition coefficient (Wildman–Crippen LogP) is 2.41. The Morgan fingerprint density at radius 1 is 1.13 bits per heavy atom. The number of benzene rings is 2. The van der Waals surface area contributed by atoms with Gasteiger partial charge in [-0.05, 0) is 46.8 Å². The van der Waals surface area contributed by atoms with Gasteiger partial charge in [-0.1, -0.05) is 22.0 Å². The Hall–Kier alpha value is -2.74. The molecule has 0 fully saturated rings. The molecule has 0 saturated heterocycles. The molecule has 0 aliphatic rings. The van der Waals surface area contributed by atoms with Crippen molar-refractivity contribution in [1.82, 2.24) is 20.2 Å². The Morgan fingerprint density at radius 2 is 1.96 bits per heavy atom. The van der Waals surface area contributed by atoms with E-state index in [4.69, 9.17) is 9.47 Å². The van der Waals surface area contributed by atoms with E-state index < -0.39 is 5.97 Å². The van der Waals surface area contributed by atoms with Gasteiger partial charge in [-0.25, -0.2) is 9.48 Å². The van der Waals surface area contributed by atoms with Gasteiger partial charge in [-0.2, -0.15) is 0 Å². The summed E-state index contributed by atoms with van der Waals surface area (Å²) in [6.07, 6.45) is 1.46. The minimum Gasteiger partial charge on any atom is -0.482 e. The second-order valence-corrected chi connectivity index (χ2v) is 5.38. The second-order valence-electron chi connectivity index (χ2n) is 4.47. The summed E-state index contributed by atoms with van der Waals surface area (Å²) in [6.45, 7) is -0.184. The molecule has 1 heterocycles. The van der Waals surface area contributed by atoms with Gasteiger partial charge in [-0.3, -0.25) is 0 Å². The molecule has 7 nitrogen and oxygen atoms in total. The maximum Gasteiger partial charge on any atom is 0.349 e. The zero-order valence-corrected chi connectivity index (χ0v) is 13.4. The Labute approximate surface area is 140 Å². The molecule has 0 amide bonds. The number of esters is 1. The number of aromatic nitrogens is 4. The van der Waals surface area contributed by atoms with Crippen molar-refractivity contribution in [2.24, 2.45) is 0 Å². The minimum absolute atomic E-state index is 0.184. The number of nitrogens with zero attached hydrogens (tertiary/aromatic N) is 4. The zero-order valence-electron chi connectivity index (χ0n) is 11.8. The van der Waals surface area contributed by atoms with Gasteiger partial charge in [0.25, 0.3) is 0 Å². The van der Waals surface area contributed by atoms with Crippen LogP contribution in [-0.2, 0) is 4.79 Å². The third-order valence-electron chi connectivity index (χ3n) is 2.83. The number of hydrogen-bond acceptors (Lipinski definition) is 6. The lowest BCUT2D eigenvalue weighted by Gasteiger charge is -2.08. The van der Waals surface area contributed by atoms with E-state index in [9.17, 15) is 4.79 Å². The molecule has 0 atom stereocenters. The minimum atomic E-state index is -0.498. The SMILES string of the molecule is O=C(COc1ccc(Br)cc1)Oc1cccc(-n2cnnn2)c1. The predicted molar refractivity (Wildman–Crippen MR) is 84.4 cm³/mol. The average molecular weight is 375 g/mol. The van der Waals surface area contributed by atoms with Crippen LogP contribution in [0.3, 0.4) is 0 Å². The van der Waals surface area contributed by atoms with Crippen molar-refractivity contribution in [3.63, 3.8) is 0 Å². The fourth-order valence-corrected chi connectivity index (χ4v) is 2.07. The molecule has 116 valence electrons. The van der Waals surface area contributed by atoms with Crippen LogP contribution in [0, 0.1) is 0 Å². The van der Waals surface area contributed by atoms with Gasteiger partial charge < -0.3 is 9.47 Å². The fourth-order valence-electron chi connectivity index (χ4n) is 1.80. The molecule has 0 unspecified atom stereocenters. The third kappa shape index (κ3) is 4.13. The summed E-state index contributed by atoms with van der Waals surface area (Å²) < 4.78 is 13.0. The Kier molecular flexibility index (Phi) is 4.62. The Bertz CT molecular complexity index is 791. The van der Waals surface area contributed by atoms with Crippen LogP contribution in [0.15, 0.2) is 59.3 Å². The quantitative estimate of drug-likeness (QED) is 0.503. The van der Waals surface area contributed by atoms with Gasteiger partial charge in [-0.15, -0.1) is 5.10 Å². The number of carbonyl (C=O) groups excluding carboxylic acids is 1. The molecule has 0 spiro atoms. The van der Waals surface area contributed by atoms with Gasteiger partial charge in [0.1, 0.15) is 17.8 Å². The van der Waals surface area contributed by atoms with Gasteiger partial charge >= 0.3 is 5.97 Å². The van der Waals surface area contributed by atoms with Crippen molar-refractivity contribution in [3.8, 4) is 17.2 Å². The van der Waals surface area contributed by atoms with Crippen molar-refractivity contribution in [3.05, 3.63) is 59.3 Å². The normalized spacial score (nSPS) is 10.3. The van der Waals surface area contributed by atoms with E-state index in [2.05, 4.69) is 31.5 Å². The van der Waals surface area contributed by atoms with Crippen LogP contribution in [0.1, 0.15) is 0 Å². The molecule has 0 aliphatic carbocycles. The Balaban J connectivity index is 1.59. The summed E-state index contributed by atoms with van der Waals surface area (Å²) in [5.41, 5.74) is 0.689. The van der Waals surface area contributed by atoms with E-state index in [0.29, 0.717) is 17.2 Å². The van der Waals surface area contributed by atoms with Gasteiger partial charge in [0.15, 0.2) is 6.61 Å². The summed E-state index contributed by atoms with van der Waals surface area (Å²) in [6, 6.07) is 14.1. The van der Waals surface area contributed by atoms with Crippen molar-refractivity contribution in [2.75, 3.05) is 6.61 Å². The molecule has 3 aromatic rings. The fraction of sp³-hybridized carbons (Fsp3) is 0.0667. The maximum absolute atomic E-state index is 11.8. The first-order chi connectivity index (χ1) is 11.2. The first kappa shape index (κ1) is 15.2. The van der Waals surface area contributed by atoms with Crippen molar-refractivity contribution in [1.29, 1.82) is 0 Å². The van der Waals surface area contributed by atoms with E-state index in [1.807, 2.05) is 12.1 Å². The van der Waals surface area contributed by atoms with Crippen molar-refractivity contribution < 1.29 is 14.3 Å². The van der Waals surface area contributed by atoms with Gasteiger partial charge in [0.2, 0.25) is 0 Å². The summed E-state index contributed by atoms with van der Waals surface area (Å²) in [5, 5.41) is 10.9. The molecule has 3 rings (SSSR count). The molecule has 0 aliphatic heterocycles. The Morgan fingerprint density at radius 3 is 2.70 bits per heavy atom. The van der Waals surface area contributed by atoms with E-state index in [-0.39, 0.29) is 6.61 Å². The van der Waals surface area contributed by atoms with Crippen LogP contribution in [0.25, 0.3) is 5.69 Å². The summed E-state index contributed by atoms with van der Waals surface area (Å²) in [7, 11) is 0. The maximum atomic E-state index is 11.8. The first-order valence-corrected chi connectivity index (χ1v) is 7.42. The standard InChI is InChI=1S/C15H11BrN4O3/c16-11-4-6-13(7-5-11)22-9-15(21)23-14-3-1-2-12(8-14)20-10-17-18-19-20/h1-8,10H,9H2. The van der Waals surface area contributed by atoms with Gasteiger partial charge in [0.05, 0.1) is 5.69 Å². The van der Waals surface area contributed by atoms with Crippen molar-refractivity contribution in [2.45, 2.75) is 0 Å². The lowest BCUT2D eigenvalue weighted by molar-refractivity contribution is -0.136. The molecule has 0 N–H and O–H groups in total. The smallest absolute Gasteiger partial charge is 0.349 e. The first-order valence-electron chi connectivity index (χ1n) is 6.63. The van der Waals surface area contributed by atoms with E-state index in [0.717, 1.165) is 4.47 Å². The van der Waals surface area contributed by atoms with Crippen LogP contribution in [0.5, 0.6) is 11.5 Å². The number of halogens is 1. The molecule has 8 heteroatoms. The molecular formula is C15H11BrN4O3. The average Bonchev–Trinajstić information content (AvgIpc) is 3.09. The van der Waals surface area contributed by atoms with Crippen LogP contribution < -0.4 is 9.47 Å². The van der Waals surface area contributed by atoms with E-state index in [1.165, 1.54) is 11.0 Å². The van der Waals surface area contributed by atoms with Crippen LogP contribution in [0.2, 0.25) is 0 Å². The van der Waals surface area contributed by atoms with Crippen LogP contribution >= 0.6 is 15.9 Å². The number of rotatable bonds is 5. The van der Waals surface area contributed by atoms with Crippen molar-refractivity contribution >= 4 is 21.9 Å². The summed E-state index contributed by atoms with van der Waals surface area (Å²) in [5.74, 6) is 0.483. The molecule has 0 saturated carbocycles. The third-order valence-corrected chi connectivity index (χ3v) is 3.36. The highest BCUT2D eigenvalue weighted by atomic mass is 79.9. The number of ether oxygens (including phenoxy) is 2. The summed E-state index contributed by atoms with van der Waals surface area (Å²) >= 11 is 3.33. The highest BCUT2D eigenvalue weighted by Gasteiger charge is 2.08. The molecule has 0 bridgehead atoms. The molecular weight excluding hydrogens is 364 g/mol. The second kappa shape index (κ2) is 7.01. The van der Waals surface area contributed by atoms with E-state index >= 15 is 0 Å². The molecule has 2 aromatic carbocycles. The molecule has 23 heavy (non-hydrogen) atoms. The summed E-state index contributed by atoms with van der Waals surface area (Å²) in [4.78, 5) is 11.8. The van der Waals surface area contributed by atoms with Gasteiger partial charge in [0, 0.05) is 10.5 Å². The lowest BCUT2D eigenvalue weighted by Crippen LogP contribution is -2.17. The monoisotopic (exact) mass is 374 g/mol.